The summed E-state index contributed by atoms with van der Waals surface area (Å²) in [5.41, 5.74) is 0. The molecule has 1 fully saturated rings. The molecule has 158 valence electrons. The lowest BCUT2D eigenvalue weighted by molar-refractivity contribution is -0.139. The number of amides is 2. The van der Waals surface area contributed by atoms with E-state index in [1.54, 1.807) is 18.2 Å². The molecular weight excluding hydrogens is 402 g/mol. The fourth-order valence-electron chi connectivity index (χ4n) is 2.62. The van der Waals surface area contributed by atoms with Crippen molar-refractivity contribution < 1.29 is 23.1 Å². The van der Waals surface area contributed by atoms with Crippen molar-refractivity contribution in [2.24, 2.45) is 0 Å². The Bertz CT molecular complexity index is 743. The predicted molar refractivity (Wildman–Crippen MR) is 110 cm³/mol. The molecule has 1 unspecified atom stereocenters. The molecule has 1 aromatic rings. The molecule has 1 saturated heterocycles. The van der Waals surface area contributed by atoms with Crippen molar-refractivity contribution in [2.45, 2.75) is 37.3 Å². The van der Waals surface area contributed by atoms with Gasteiger partial charge in [0.15, 0.2) is 0 Å². The fraction of sp³-hybridized carbons (Fsp3) is 0.556. The number of thioether (sulfide) groups is 1. The standard InChI is InChI=1S/C16H23N3O5S2.C2H6/c1-17-16(22)14-10-25-11-19(14)15(21)8-12(20)9-18(2)26(23,24)13-6-4-3-5-7-13;1-2/h3-7,12,14,20H,8-11H2,1-2H3,(H,17,22);1-2H3/t12?,14-;/m0./s1. The molecule has 2 amide bonds. The molecule has 0 radical (unpaired) electrons. The lowest BCUT2D eigenvalue weighted by Gasteiger charge is -2.25. The van der Waals surface area contributed by atoms with E-state index >= 15 is 0 Å². The van der Waals surface area contributed by atoms with Crippen LogP contribution in [0.5, 0.6) is 0 Å². The second-order valence-corrected chi connectivity index (χ2v) is 8.99. The minimum absolute atomic E-state index is 0.122. The van der Waals surface area contributed by atoms with Crippen LogP contribution in [0, 0.1) is 0 Å². The van der Waals surface area contributed by atoms with Crippen molar-refractivity contribution in [3.05, 3.63) is 30.3 Å². The summed E-state index contributed by atoms with van der Waals surface area (Å²) in [7, 11) is -0.874. The molecule has 0 spiro atoms. The number of sulfonamides is 1. The second kappa shape index (κ2) is 11.4. The predicted octanol–water partition coefficient (Wildman–Crippen LogP) is 0.732. The smallest absolute Gasteiger partial charge is 0.243 e. The highest BCUT2D eigenvalue weighted by molar-refractivity contribution is 7.99. The number of likely N-dealkylation sites (N-methyl/N-ethyl adjacent to an activating group) is 2. The first-order chi connectivity index (χ1) is 13.3. The maximum atomic E-state index is 12.5. The van der Waals surface area contributed by atoms with Crippen LogP contribution in [0.4, 0.5) is 0 Å². The summed E-state index contributed by atoms with van der Waals surface area (Å²) < 4.78 is 25.9. The van der Waals surface area contributed by atoms with Gasteiger partial charge in [-0.25, -0.2) is 8.42 Å². The Morgan fingerprint density at radius 1 is 1.32 bits per heavy atom. The van der Waals surface area contributed by atoms with Gasteiger partial charge >= 0.3 is 0 Å². The van der Waals surface area contributed by atoms with Crippen molar-refractivity contribution >= 4 is 33.6 Å². The number of hydrogen-bond donors (Lipinski definition) is 2. The maximum Gasteiger partial charge on any atom is 0.243 e. The van der Waals surface area contributed by atoms with Crippen LogP contribution in [0.15, 0.2) is 35.2 Å². The number of aliphatic hydroxyl groups excluding tert-OH is 1. The summed E-state index contributed by atoms with van der Waals surface area (Å²) in [6.45, 7) is 3.79. The molecule has 0 bridgehead atoms. The largest absolute Gasteiger partial charge is 0.391 e. The van der Waals surface area contributed by atoms with Crippen LogP contribution in [0.1, 0.15) is 20.3 Å². The molecule has 8 nitrogen and oxygen atoms in total. The summed E-state index contributed by atoms with van der Waals surface area (Å²) in [6, 6.07) is 7.33. The van der Waals surface area contributed by atoms with Crippen LogP contribution in [0.25, 0.3) is 0 Å². The Balaban J connectivity index is 0.00000190. The van der Waals surface area contributed by atoms with Gasteiger partial charge in [0, 0.05) is 26.4 Å². The van der Waals surface area contributed by atoms with Crippen molar-refractivity contribution in [1.82, 2.24) is 14.5 Å². The highest BCUT2D eigenvalue weighted by Crippen LogP contribution is 2.22. The van der Waals surface area contributed by atoms with Crippen LogP contribution < -0.4 is 5.32 Å². The second-order valence-electron chi connectivity index (χ2n) is 5.95. The molecule has 0 aromatic heterocycles. The third kappa shape index (κ3) is 6.20. The van der Waals surface area contributed by atoms with Gasteiger partial charge in [0.25, 0.3) is 0 Å². The third-order valence-electron chi connectivity index (χ3n) is 4.08. The molecule has 2 N–H and O–H groups in total. The number of rotatable bonds is 7. The van der Waals surface area contributed by atoms with E-state index in [1.165, 1.54) is 42.9 Å². The Morgan fingerprint density at radius 2 is 1.93 bits per heavy atom. The van der Waals surface area contributed by atoms with Crippen molar-refractivity contribution in [3.63, 3.8) is 0 Å². The van der Waals surface area contributed by atoms with E-state index in [0.29, 0.717) is 11.6 Å². The van der Waals surface area contributed by atoms with E-state index in [-0.39, 0.29) is 29.7 Å². The van der Waals surface area contributed by atoms with Gasteiger partial charge in [0.1, 0.15) is 6.04 Å². The molecule has 1 aliphatic heterocycles. The molecule has 28 heavy (non-hydrogen) atoms. The average molecular weight is 432 g/mol. The summed E-state index contributed by atoms with van der Waals surface area (Å²) >= 11 is 1.46. The highest BCUT2D eigenvalue weighted by atomic mass is 32.2. The van der Waals surface area contributed by atoms with Gasteiger partial charge in [-0.15, -0.1) is 11.8 Å². The lowest BCUT2D eigenvalue weighted by Crippen LogP contribution is -2.47. The van der Waals surface area contributed by atoms with E-state index in [0.717, 1.165) is 4.31 Å². The van der Waals surface area contributed by atoms with Gasteiger partial charge < -0.3 is 15.3 Å². The van der Waals surface area contributed by atoms with Crippen molar-refractivity contribution in [2.75, 3.05) is 32.3 Å². The quantitative estimate of drug-likeness (QED) is 0.659. The van der Waals surface area contributed by atoms with Crippen LogP contribution in [-0.4, -0.2) is 79.0 Å². The molecule has 2 rings (SSSR count). The minimum atomic E-state index is -3.74. The first-order valence-electron chi connectivity index (χ1n) is 9.05. The number of benzene rings is 1. The SMILES string of the molecule is CC.CNC(=O)[C@@H]1CSCN1C(=O)CC(O)CN(C)S(=O)(=O)c1ccccc1. The maximum absolute atomic E-state index is 12.5. The first-order valence-corrected chi connectivity index (χ1v) is 11.6. The average Bonchev–Trinajstić information content (AvgIpc) is 3.19. The van der Waals surface area contributed by atoms with E-state index in [4.69, 9.17) is 0 Å². The summed E-state index contributed by atoms with van der Waals surface area (Å²) in [4.78, 5) is 25.7. The Labute approximate surface area is 171 Å². The zero-order valence-electron chi connectivity index (χ0n) is 16.7. The Morgan fingerprint density at radius 3 is 2.50 bits per heavy atom. The van der Waals surface area contributed by atoms with Crippen molar-refractivity contribution in [1.29, 1.82) is 0 Å². The van der Waals surface area contributed by atoms with Crippen LogP contribution in [0.3, 0.4) is 0 Å². The number of hydrogen-bond acceptors (Lipinski definition) is 6. The van der Waals surface area contributed by atoms with E-state index in [9.17, 15) is 23.1 Å². The number of aliphatic hydroxyl groups is 1. The van der Waals surface area contributed by atoms with Crippen LogP contribution >= 0.6 is 11.8 Å². The minimum Gasteiger partial charge on any atom is -0.391 e. The zero-order chi connectivity index (χ0) is 21.3. The van der Waals surface area contributed by atoms with E-state index in [1.807, 2.05) is 13.8 Å². The first kappa shape index (κ1) is 24.4. The van der Waals surface area contributed by atoms with Crippen molar-refractivity contribution in [3.8, 4) is 0 Å². The van der Waals surface area contributed by atoms with Gasteiger partial charge in [-0.05, 0) is 12.1 Å². The molecule has 2 atom stereocenters. The number of nitrogens with one attached hydrogen (secondary N) is 1. The summed E-state index contributed by atoms with van der Waals surface area (Å²) in [5, 5.41) is 12.7. The van der Waals surface area contributed by atoms with E-state index in [2.05, 4.69) is 5.32 Å². The molecule has 1 aromatic carbocycles. The molecule has 1 aliphatic rings. The summed E-state index contributed by atoms with van der Waals surface area (Å²) in [5.74, 6) is 0.259. The summed E-state index contributed by atoms with van der Waals surface area (Å²) in [6.07, 6.45) is -1.41. The van der Waals surface area contributed by atoms with Crippen LogP contribution in [-0.2, 0) is 19.6 Å². The normalized spacial score (nSPS) is 17.6. The van der Waals surface area contributed by atoms with Gasteiger partial charge in [-0.1, -0.05) is 32.0 Å². The topological polar surface area (TPSA) is 107 Å². The Hall–Kier alpha value is -1.62. The van der Waals surface area contributed by atoms with Gasteiger partial charge in [0.05, 0.1) is 23.3 Å². The zero-order valence-corrected chi connectivity index (χ0v) is 18.3. The Kier molecular flexibility index (Phi) is 9.94. The van der Waals surface area contributed by atoms with E-state index < -0.39 is 22.2 Å². The fourth-order valence-corrected chi connectivity index (χ4v) is 5.03. The number of carbonyl (C=O) groups is 2. The van der Waals surface area contributed by atoms with Gasteiger partial charge in [-0.2, -0.15) is 4.31 Å². The highest BCUT2D eigenvalue weighted by Gasteiger charge is 2.35. The molecule has 10 heteroatoms. The molecular formula is C18H29N3O5S2. The molecule has 1 heterocycles. The van der Waals surface area contributed by atoms with Gasteiger partial charge in [0.2, 0.25) is 21.8 Å². The molecule has 0 aliphatic carbocycles. The third-order valence-corrected chi connectivity index (χ3v) is 6.93. The monoisotopic (exact) mass is 431 g/mol. The van der Waals surface area contributed by atoms with Gasteiger partial charge in [-0.3, -0.25) is 9.59 Å². The number of nitrogens with zero attached hydrogens (tertiary/aromatic N) is 2. The lowest BCUT2D eigenvalue weighted by atomic mass is 10.2. The number of carbonyl (C=O) groups excluding carboxylic acids is 2. The molecule has 0 saturated carbocycles. The van der Waals surface area contributed by atoms with Crippen LogP contribution in [0.2, 0.25) is 0 Å².